The molecule has 1 saturated heterocycles. The van der Waals surface area contributed by atoms with Crippen LogP contribution in [-0.2, 0) is 11.3 Å². The van der Waals surface area contributed by atoms with Crippen molar-refractivity contribution in [2.24, 2.45) is 0 Å². The number of amides is 1. The van der Waals surface area contributed by atoms with Gasteiger partial charge in [-0.15, -0.1) is 0 Å². The van der Waals surface area contributed by atoms with Crippen molar-refractivity contribution in [1.82, 2.24) is 15.6 Å². The molecule has 1 atom stereocenters. The van der Waals surface area contributed by atoms with E-state index in [2.05, 4.69) is 15.6 Å². The van der Waals surface area contributed by atoms with E-state index in [-0.39, 0.29) is 12.0 Å². The second-order valence-electron chi connectivity index (χ2n) is 5.36. The number of nitrogens with one attached hydrogen (secondary N) is 2. The summed E-state index contributed by atoms with van der Waals surface area (Å²) < 4.78 is 5.72. The first-order valence-corrected chi connectivity index (χ1v) is 7.91. The number of pyridine rings is 1. The molecule has 6 heteroatoms. The highest BCUT2D eigenvalue weighted by Crippen LogP contribution is 2.19. The lowest BCUT2D eigenvalue weighted by atomic mass is 10.1. The lowest BCUT2D eigenvalue weighted by molar-refractivity contribution is 0.0277. The molecule has 2 heterocycles. The van der Waals surface area contributed by atoms with Crippen molar-refractivity contribution in [2.45, 2.75) is 12.6 Å². The molecule has 1 aliphatic heterocycles. The van der Waals surface area contributed by atoms with Gasteiger partial charge in [0.15, 0.2) is 0 Å². The van der Waals surface area contributed by atoms with Gasteiger partial charge in [-0.25, -0.2) is 4.98 Å². The quantitative estimate of drug-likeness (QED) is 0.844. The first kappa shape index (κ1) is 15.9. The highest BCUT2D eigenvalue weighted by molar-refractivity contribution is 6.29. The molecule has 0 unspecified atom stereocenters. The maximum atomic E-state index is 12.0. The van der Waals surface area contributed by atoms with Gasteiger partial charge in [-0.05, 0) is 23.3 Å². The molecule has 1 aliphatic rings. The molecule has 1 aromatic heterocycles. The molecule has 120 valence electrons. The molecule has 3 rings (SSSR count). The number of aromatic nitrogens is 1. The predicted molar refractivity (Wildman–Crippen MR) is 88.4 cm³/mol. The van der Waals surface area contributed by atoms with Gasteiger partial charge in [0.25, 0.3) is 5.91 Å². The Morgan fingerprint density at radius 1 is 1.30 bits per heavy atom. The molecule has 0 spiro atoms. The standard InChI is InChI=1S/C17H18ClN3O2/c18-16-6-5-14(10-20-16)17(22)21-9-12-1-3-13(4-2-12)15-11-19-7-8-23-15/h1-6,10,15,19H,7-9,11H2,(H,21,22)/t15-/m0/s1. The van der Waals surface area contributed by atoms with E-state index in [1.807, 2.05) is 24.3 Å². The monoisotopic (exact) mass is 331 g/mol. The average Bonchev–Trinajstić information content (AvgIpc) is 2.61. The van der Waals surface area contributed by atoms with Gasteiger partial charge in [0.05, 0.1) is 18.3 Å². The van der Waals surface area contributed by atoms with Gasteiger partial charge in [0.2, 0.25) is 0 Å². The van der Waals surface area contributed by atoms with Crippen molar-refractivity contribution >= 4 is 17.5 Å². The Bertz CT molecular complexity index is 653. The minimum absolute atomic E-state index is 0.104. The number of carbonyl (C=O) groups is 1. The van der Waals surface area contributed by atoms with Crippen molar-refractivity contribution < 1.29 is 9.53 Å². The van der Waals surface area contributed by atoms with Crippen molar-refractivity contribution in [3.63, 3.8) is 0 Å². The summed E-state index contributed by atoms with van der Waals surface area (Å²) in [6, 6.07) is 11.4. The molecule has 23 heavy (non-hydrogen) atoms. The summed E-state index contributed by atoms with van der Waals surface area (Å²) in [5.74, 6) is -0.168. The molecule has 0 radical (unpaired) electrons. The summed E-state index contributed by atoms with van der Waals surface area (Å²) in [5.41, 5.74) is 2.68. The summed E-state index contributed by atoms with van der Waals surface area (Å²) in [6.07, 6.45) is 1.57. The first-order chi connectivity index (χ1) is 11.2. The zero-order chi connectivity index (χ0) is 16.1. The number of ether oxygens (including phenoxy) is 1. The van der Waals surface area contributed by atoms with Crippen molar-refractivity contribution in [3.8, 4) is 0 Å². The maximum absolute atomic E-state index is 12.0. The van der Waals surface area contributed by atoms with E-state index in [9.17, 15) is 4.79 Å². The third kappa shape index (κ3) is 4.28. The predicted octanol–water partition coefficient (Wildman–Crippen LogP) is 2.33. The van der Waals surface area contributed by atoms with E-state index in [0.29, 0.717) is 17.3 Å². The van der Waals surface area contributed by atoms with Gasteiger partial charge < -0.3 is 15.4 Å². The summed E-state index contributed by atoms with van der Waals surface area (Å²) in [6.45, 7) is 2.93. The van der Waals surface area contributed by atoms with E-state index in [0.717, 1.165) is 30.8 Å². The second kappa shape index (κ2) is 7.55. The van der Waals surface area contributed by atoms with Crippen LogP contribution in [0.5, 0.6) is 0 Å². The Hall–Kier alpha value is -1.95. The summed E-state index contributed by atoms with van der Waals surface area (Å²) in [5, 5.41) is 6.55. The fraction of sp³-hybridized carbons (Fsp3) is 0.294. The van der Waals surface area contributed by atoms with E-state index in [4.69, 9.17) is 16.3 Å². The number of nitrogens with zero attached hydrogens (tertiary/aromatic N) is 1. The fourth-order valence-electron chi connectivity index (χ4n) is 2.42. The van der Waals surface area contributed by atoms with Gasteiger partial charge in [-0.2, -0.15) is 0 Å². The van der Waals surface area contributed by atoms with Gasteiger partial charge in [-0.1, -0.05) is 35.9 Å². The van der Waals surface area contributed by atoms with Gasteiger partial charge in [0, 0.05) is 25.8 Å². The molecular formula is C17H18ClN3O2. The number of rotatable bonds is 4. The van der Waals surface area contributed by atoms with Crippen molar-refractivity contribution in [1.29, 1.82) is 0 Å². The SMILES string of the molecule is O=C(NCc1ccc([C@@H]2CNCCO2)cc1)c1ccc(Cl)nc1. The lowest BCUT2D eigenvalue weighted by Gasteiger charge is -2.24. The summed E-state index contributed by atoms with van der Waals surface area (Å²) in [4.78, 5) is 15.9. The highest BCUT2D eigenvalue weighted by Gasteiger charge is 2.15. The Balaban J connectivity index is 1.55. The molecule has 1 amide bonds. The molecular weight excluding hydrogens is 314 g/mol. The molecule has 0 bridgehead atoms. The van der Waals surface area contributed by atoms with Gasteiger partial charge in [-0.3, -0.25) is 4.79 Å². The summed E-state index contributed by atoms with van der Waals surface area (Å²) in [7, 11) is 0. The van der Waals surface area contributed by atoms with E-state index in [1.54, 1.807) is 12.1 Å². The third-order valence-electron chi connectivity index (χ3n) is 3.72. The molecule has 1 aromatic carbocycles. The van der Waals surface area contributed by atoms with E-state index < -0.39 is 0 Å². The highest BCUT2D eigenvalue weighted by atomic mass is 35.5. The Morgan fingerprint density at radius 2 is 2.13 bits per heavy atom. The zero-order valence-corrected chi connectivity index (χ0v) is 13.3. The topological polar surface area (TPSA) is 63.2 Å². The number of halogens is 1. The van der Waals surface area contributed by atoms with Crippen LogP contribution in [0.3, 0.4) is 0 Å². The Labute approximate surface area is 140 Å². The molecule has 0 saturated carbocycles. The van der Waals surface area contributed by atoms with Crippen LogP contribution in [0.15, 0.2) is 42.6 Å². The molecule has 5 nitrogen and oxygen atoms in total. The van der Waals surface area contributed by atoms with Crippen LogP contribution >= 0.6 is 11.6 Å². The number of hydrogen-bond donors (Lipinski definition) is 2. The first-order valence-electron chi connectivity index (χ1n) is 7.53. The van der Waals surface area contributed by atoms with Crippen LogP contribution in [0.4, 0.5) is 0 Å². The normalized spacial score (nSPS) is 17.7. The van der Waals surface area contributed by atoms with E-state index in [1.165, 1.54) is 6.20 Å². The van der Waals surface area contributed by atoms with E-state index >= 15 is 0 Å². The third-order valence-corrected chi connectivity index (χ3v) is 3.95. The Kier molecular flexibility index (Phi) is 5.23. The van der Waals surface area contributed by atoms with Gasteiger partial charge >= 0.3 is 0 Å². The van der Waals surface area contributed by atoms with Crippen molar-refractivity contribution in [2.75, 3.05) is 19.7 Å². The van der Waals surface area contributed by atoms with Gasteiger partial charge in [0.1, 0.15) is 5.15 Å². The molecule has 2 N–H and O–H groups in total. The van der Waals surface area contributed by atoms with Crippen LogP contribution in [0.25, 0.3) is 0 Å². The summed E-state index contributed by atoms with van der Waals surface area (Å²) >= 11 is 5.71. The minimum atomic E-state index is -0.168. The maximum Gasteiger partial charge on any atom is 0.253 e. The smallest absolute Gasteiger partial charge is 0.253 e. The van der Waals surface area contributed by atoms with Crippen LogP contribution in [0.1, 0.15) is 27.6 Å². The van der Waals surface area contributed by atoms with Crippen LogP contribution in [-0.4, -0.2) is 30.6 Å². The van der Waals surface area contributed by atoms with Crippen molar-refractivity contribution in [3.05, 3.63) is 64.4 Å². The minimum Gasteiger partial charge on any atom is -0.371 e. The number of benzene rings is 1. The molecule has 1 fully saturated rings. The second-order valence-corrected chi connectivity index (χ2v) is 5.74. The lowest BCUT2D eigenvalue weighted by Crippen LogP contribution is -2.33. The molecule has 0 aliphatic carbocycles. The fourth-order valence-corrected chi connectivity index (χ4v) is 2.54. The number of morpholine rings is 1. The zero-order valence-electron chi connectivity index (χ0n) is 12.6. The Morgan fingerprint density at radius 3 is 2.78 bits per heavy atom. The molecule has 2 aromatic rings. The van der Waals surface area contributed by atoms with Crippen LogP contribution in [0, 0.1) is 0 Å². The van der Waals surface area contributed by atoms with Crippen LogP contribution < -0.4 is 10.6 Å². The van der Waals surface area contributed by atoms with Crippen LogP contribution in [0.2, 0.25) is 5.15 Å². The number of carbonyl (C=O) groups excluding carboxylic acids is 1. The average molecular weight is 332 g/mol. The number of hydrogen-bond acceptors (Lipinski definition) is 4. The largest absolute Gasteiger partial charge is 0.371 e.